The molecule has 16 heavy (non-hydrogen) atoms. The molecule has 0 bridgehead atoms. The van der Waals surface area contributed by atoms with Gasteiger partial charge in [0, 0.05) is 0 Å². The van der Waals surface area contributed by atoms with Gasteiger partial charge in [-0.25, -0.2) is 4.98 Å². The highest BCUT2D eigenvalue weighted by Gasteiger charge is 2.27. The van der Waals surface area contributed by atoms with Crippen LogP contribution in [-0.4, -0.2) is 20.8 Å². The van der Waals surface area contributed by atoms with Crippen LogP contribution in [0.5, 0.6) is 0 Å². The number of aliphatic hydroxyl groups excluding tert-OH is 1. The average Bonchev–Trinajstić information content (AvgIpc) is 2.72. The van der Waals surface area contributed by atoms with Crippen LogP contribution in [0.2, 0.25) is 0 Å². The van der Waals surface area contributed by atoms with Gasteiger partial charge in [-0.2, -0.15) is 10.5 Å². The molecule has 0 radical (unpaired) electrons. The van der Waals surface area contributed by atoms with E-state index in [0.717, 1.165) is 25.7 Å². The quantitative estimate of drug-likeness (QED) is 0.761. The second kappa shape index (κ2) is 4.34. The van der Waals surface area contributed by atoms with Crippen LogP contribution >= 0.6 is 0 Å². The summed E-state index contributed by atoms with van der Waals surface area (Å²) >= 11 is 0. The van der Waals surface area contributed by atoms with Crippen LogP contribution in [0.4, 0.5) is 0 Å². The molecule has 2 atom stereocenters. The molecule has 0 amide bonds. The van der Waals surface area contributed by atoms with E-state index < -0.39 is 6.10 Å². The fourth-order valence-electron chi connectivity index (χ4n) is 2.22. The zero-order valence-electron chi connectivity index (χ0n) is 8.80. The lowest BCUT2D eigenvalue weighted by Gasteiger charge is -2.28. The Morgan fingerprint density at radius 2 is 2.06 bits per heavy atom. The van der Waals surface area contributed by atoms with Gasteiger partial charge in [-0.15, -0.1) is 0 Å². The molecule has 1 saturated carbocycles. The molecule has 1 N–H and O–H groups in total. The number of nitrogens with zero attached hydrogens (tertiary/aromatic N) is 4. The van der Waals surface area contributed by atoms with Crippen molar-refractivity contribution >= 4 is 0 Å². The molecule has 1 fully saturated rings. The first kappa shape index (κ1) is 10.7. The predicted octanol–water partition coefficient (Wildman–Crippen LogP) is 1.10. The molecule has 1 heterocycles. The van der Waals surface area contributed by atoms with Crippen LogP contribution in [-0.2, 0) is 0 Å². The molecular weight excluding hydrogens is 204 g/mol. The maximum Gasteiger partial charge on any atom is 0.176 e. The first-order valence-corrected chi connectivity index (χ1v) is 5.33. The van der Waals surface area contributed by atoms with Crippen LogP contribution < -0.4 is 0 Å². The Morgan fingerprint density at radius 1 is 1.31 bits per heavy atom. The van der Waals surface area contributed by atoms with Gasteiger partial charge in [0.1, 0.15) is 12.1 Å². The number of imidazole rings is 1. The Kier molecular flexibility index (Phi) is 2.89. The molecule has 0 saturated heterocycles. The van der Waals surface area contributed by atoms with Gasteiger partial charge < -0.3 is 9.67 Å². The highest BCUT2D eigenvalue weighted by atomic mass is 16.3. The molecule has 2 rings (SSSR count). The lowest BCUT2D eigenvalue weighted by molar-refractivity contribution is 0.0750. The summed E-state index contributed by atoms with van der Waals surface area (Å²) in [5.41, 5.74) is 0.397. The topological polar surface area (TPSA) is 85.6 Å². The van der Waals surface area contributed by atoms with E-state index in [1.807, 2.05) is 12.1 Å². The van der Waals surface area contributed by atoms with Gasteiger partial charge in [0.2, 0.25) is 0 Å². The van der Waals surface area contributed by atoms with E-state index in [1.54, 1.807) is 4.57 Å². The Hall–Kier alpha value is -1.85. The van der Waals surface area contributed by atoms with Crippen molar-refractivity contribution in [3.63, 3.8) is 0 Å². The van der Waals surface area contributed by atoms with E-state index in [1.165, 1.54) is 6.33 Å². The van der Waals surface area contributed by atoms with Crippen LogP contribution in [0.25, 0.3) is 0 Å². The summed E-state index contributed by atoms with van der Waals surface area (Å²) in [6, 6.07) is 3.75. The van der Waals surface area contributed by atoms with Crippen molar-refractivity contribution in [3.05, 3.63) is 17.7 Å². The molecule has 1 aromatic rings. The second-order valence-corrected chi connectivity index (χ2v) is 3.99. The number of aromatic nitrogens is 2. The van der Waals surface area contributed by atoms with E-state index >= 15 is 0 Å². The first-order valence-electron chi connectivity index (χ1n) is 5.33. The Labute approximate surface area is 93.6 Å². The molecule has 1 aliphatic carbocycles. The SMILES string of the molecule is N#Cc1ncn(C2CCCCC2O)c1C#N. The van der Waals surface area contributed by atoms with E-state index in [2.05, 4.69) is 4.98 Å². The van der Waals surface area contributed by atoms with Crippen LogP contribution in [0, 0.1) is 22.7 Å². The number of hydrogen-bond acceptors (Lipinski definition) is 4. The van der Waals surface area contributed by atoms with Crippen molar-refractivity contribution in [2.24, 2.45) is 0 Å². The lowest BCUT2D eigenvalue weighted by atomic mass is 9.92. The summed E-state index contributed by atoms with van der Waals surface area (Å²) in [6.07, 6.45) is 4.66. The largest absolute Gasteiger partial charge is 0.391 e. The summed E-state index contributed by atoms with van der Waals surface area (Å²) in [4.78, 5) is 3.88. The van der Waals surface area contributed by atoms with Gasteiger partial charge in [-0.05, 0) is 12.8 Å². The molecule has 1 aromatic heterocycles. The third-order valence-electron chi connectivity index (χ3n) is 3.06. The Balaban J connectivity index is 2.37. The molecule has 0 aliphatic heterocycles. The maximum absolute atomic E-state index is 9.88. The first-order chi connectivity index (χ1) is 7.77. The van der Waals surface area contributed by atoms with Gasteiger partial charge >= 0.3 is 0 Å². The molecule has 5 nitrogen and oxygen atoms in total. The molecule has 0 spiro atoms. The normalized spacial score (nSPS) is 24.7. The Morgan fingerprint density at radius 3 is 2.69 bits per heavy atom. The summed E-state index contributed by atoms with van der Waals surface area (Å²) in [6.45, 7) is 0. The molecule has 2 unspecified atom stereocenters. The summed E-state index contributed by atoms with van der Waals surface area (Å²) in [5.74, 6) is 0. The maximum atomic E-state index is 9.88. The lowest BCUT2D eigenvalue weighted by Crippen LogP contribution is -2.27. The van der Waals surface area contributed by atoms with Crippen LogP contribution in [0.3, 0.4) is 0 Å². The van der Waals surface area contributed by atoms with Gasteiger partial charge in [0.15, 0.2) is 11.4 Å². The number of nitriles is 2. The minimum Gasteiger partial charge on any atom is -0.391 e. The van der Waals surface area contributed by atoms with Gasteiger partial charge in [-0.3, -0.25) is 0 Å². The third kappa shape index (κ3) is 1.66. The summed E-state index contributed by atoms with van der Waals surface area (Å²) in [7, 11) is 0. The minimum atomic E-state index is -0.443. The molecule has 5 heteroatoms. The second-order valence-electron chi connectivity index (χ2n) is 3.99. The van der Waals surface area contributed by atoms with E-state index in [-0.39, 0.29) is 17.4 Å². The Bertz CT molecular complexity index is 465. The number of rotatable bonds is 1. The van der Waals surface area contributed by atoms with Gasteiger partial charge in [0.05, 0.1) is 18.5 Å². The van der Waals surface area contributed by atoms with Crippen LogP contribution in [0.15, 0.2) is 6.33 Å². The predicted molar refractivity (Wildman–Crippen MR) is 55.2 cm³/mol. The van der Waals surface area contributed by atoms with E-state index in [4.69, 9.17) is 10.5 Å². The highest BCUT2D eigenvalue weighted by Crippen LogP contribution is 2.30. The summed E-state index contributed by atoms with van der Waals surface area (Å²) in [5, 5.41) is 27.7. The van der Waals surface area contributed by atoms with Crippen molar-refractivity contribution in [3.8, 4) is 12.1 Å². The van der Waals surface area contributed by atoms with Crippen molar-refractivity contribution in [1.82, 2.24) is 9.55 Å². The van der Waals surface area contributed by atoms with Crippen molar-refractivity contribution in [1.29, 1.82) is 10.5 Å². The van der Waals surface area contributed by atoms with Crippen LogP contribution in [0.1, 0.15) is 43.1 Å². The fraction of sp³-hybridized carbons (Fsp3) is 0.545. The fourth-order valence-corrected chi connectivity index (χ4v) is 2.22. The zero-order valence-corrected chi connectivity index (χ0v) is 8.80. The van der Waals surface area contributed by atoms with Crippen molar-refractivity contribution in [2.45, 2.75) is 37.8 Å². The van der Waals surface area contributed by atoms with Crippen molar-refractivity contribution in [2.75, 3.05) is 0 Å². The monoisotopic (exact) mass is 216 g/mol. The standard InChI is InChI=1S/C11H12N4O/c12-5-8-10(6-13)15(7-14-8)9-3-1-2-4-11(9)16/h7,9,11,16H,1-4H2. The minimum absolute atomic E-state index is 0.113. The molecular formula is C11H12N4O. The zero-order chi connectivity index (χ0) is 11.5. The number of aliphatic hydroxyl groups is 1. The summed E-state index contributed by atoms with van der Waals surface area (Å²) < 4.78 is 1.64. The van der Waals surface area contributed by atoms with Gasteiger partial charge in [-0.1, -0.05) is 12.8 Å². The average molecular weight is 216 g/mol. The molecule has 1 aliphatic rings. The number of hydrogen-bond donors (Lipinski definition) is 1. The highest BCUT2D eigenvalue weighted by molar-refractivity contribution is 5.36. The van der Waals surface area contributed by atoms with Crippen molar-refractivity contribution < 1.29 is 5.11 Å². The molecule has 0 aromatic carbocycles. The van der Waals surface area contributed by atoms with E-state index in [9.17, 15) is 5.11 Å². The van der Waals surface area contributed by atoms with E-state index in [0.29, 0.717) is 0 Å². The van der Waals surface area contributed by atoms with Gasteiger partial charge in [0.25, 0.3) is 0 Å². The molecule has 82 valence electrons. The smallest absolute Gasteiger partial charge is 0.176 e. The third-order valence-corrected chi connectivity index (χ3v) is 3.06.